The lowest BCUT2D eigenvalue weighted by Gasteiger charge is -2.32. The number of nitrogens with one attached hydrogen (secondary N) is 1. The number of ether oxygens (including phenoxy) is 1. The highest BCUT2D eigenvalue weighted by atomic mass is 35.5. The quantitative estimate of drug-likeness (QED) is 0.519. The van der Waals surface area contributed by atoms with Crippen LogP contribution in [0.1, 0.15) is 62.1 Å². The van der Waals surface area contributed by atoms with Crippen molar-refractivity contribution in [3.8, 4) is 5.75 Å². The van der Waals surface area contributed by atoms with Gasteiger partial charge in [0.2, 0.25) is 5.91 Å². The Labute approximate surface area is 202 Å². The predicted octanol–water partition coefficient (Wildman–Crippen LogP) is 5.59. The van der Waals surface area contributed by atoms with Crippen LogP contribution >= 0.6 is 11.6 Å². The van der Waals surface area contributed by atoms with Crippen LogP contribution in [0.4, 0.5) is 0 Å². The van der Waals surface area contributed by atoms with Crippen molar-refractivity contribution in [3.05, 3.63) is 64.2 Å². The van der Waals surface area contributed by atoms with Crippen molar-refractivity contribution >= 4 is 23.4 Å². The minimum absolute atomic E-state index is 0.0767. The van der Waals surface area contributed by atoms with Crippen LogP contribution in [-0.4, -0.2) is 35.4 Å². The Morgan fingerprint density at radius 1 is 1.09 bits per heavy atom. The summed E-state index contributed by atoms with van der Waals surface area (Å²) in [7, 11) is 0. The molecule has 1 N–H and O–H groups in total. The Morgan fingerprint density at radius 3 is 2.42 bits per heavy atom. The highest BCUT2D eigenvalue weighted by Crippen LogP contribution is 2.22. The third-order valence-electron chi connectivity index (χ3n) is 6.30. The van der Waals surface area contributed by atoms with Crippen LogP contribution in [0, 0.1) is 13.8 Å². The van der Waals surface area contributed by atoms with Crippen LogP contribution < -0.4 is 10.1 Å². The zero-order valence-corrected chi connectivity index (χ0v) is 20.7. The molecule has 2 amide bonds. The molecule has 1 aliphatic carbocycles. The summed E-state index contributed by atoms with van der Waals surface area (Å²) < 4.78 is 5.78. The van der Waals surface area contributed by atoms with Crippen molar-refractivity contribution in [1.82, 2.24) is 10.2 Å². The van der Waals surface area contributed by atoms with Gasteiger partial charge in [0.05, 0.1) is 0 Å². The maximum Gasteiger partial charge on any atom is 0.261 e. The molecule has 1 aliphatic rings. The molecule has 0 bridgehead atoms. The second kappa shape index (κ2) is 12.1. The number of carbonyl (C=O) groups excluding carboxylic acids is 2. The van der Waals surface area contributed by atoms with Crippen LogP contribution in [-0.2, 0) is 16.1 Å². The summed E-state index contributed by atoms with van der Waals surface area (Å²) >= 11 is 6.10. The van der Waals surface area contributed by atoms with Crippen LogP contribution in [0.25, 0.3) is 0 Å². The zero-order chi connectivity index (χ0) is 23.8. The smallest absolute Gasteiger partial charge is 0.261 e. The summed E-state index contributed by atoms with van der Waals surface area (Å²) in [6.07, 6.45) is 6.06. The van der Waals surface area contributed by atoms with Gasteiger partial charge in [-0.05, 0) is 62.4 Å². The van der Waals surface area contributed by atoms with Gasteiger partial charge in [-0.1, -0.05) is 67.6 Å². The molecule has 1 saturated carbocycles. The van der Waals surface area contributed by atoms with Gasteiger partial charge in [0.15, 0.2) is 6.61 Å². The van der Waals surface area contributed by atoms with Crippen molar-refractivity contribution in [1.29, 1.82) is 0 Å². The largest absolute Gasteiger partial charge is 0.484 e. The van der Waals surface area contributed by atoms with Crippen molar-refractivity contribution < 1.29 is 14.3 Å². The number of rotatable bonds is 9. The standard InChI is InChI=1S/C27H35ClN2O3/c1-4-25(27(32)29-22-8-6-5-7-9-22)30(17-21-12-10-19(2)11-13-21)26(31)18-33-23-14-15-24(28)20(3)16-23/h10-16,22,25H,4-9,17-18H2,1-3H3,(H,29,32)/t25-/m1/s1. The lowest BCUT2D eigenvalue weighted by Crippen LogP contribution is -2.52. The average Bonchev–Trinajstić information content (AvgIpc) is 2.81. The molecular formula is C27H35ClN2O3. The fraction of sp³-hybridized carbons (Fsp3) is 0.481. The normalized spacial score (nSPS) is 15.0. The number of amides is 2. The molecule has 3 rings (SSSR count). The molecule has 0 unspecified atom stereocenters. The first kappa shape index (κ1) is 25.1. The van der Waals surface area contributed by atoms with E-state index in [1.165, 1.54) is 6.42 Å². The molecule has 0 aliphatic heterocycles. The molecule has 0 heterocycles. The molecule has 33 heavy (non-hydrogen) atoms. The van der Waals surface area contributed by atoms with Gasteiger partial charge >= 0.3 is 0 Å². The number of aryl methyl sites for hydroxylation is 2. The minimum Gasteiger partial charge on any atom is -0.484 e. The molecule has 5 nitrogen and oxygen atoms in total. The van der Waals surface area contributed by atoms with Gasteiger partial charge in [-0.3, -0.25) is 9.59 Å². The summed E-state index contributed by atoms with van der Waals surface area (Å²) in [5.74, 6) is 0.293. The van der Waals surface area contributed by atoms with E-state index in [4.69, 9.17) is 16.3 Å². The molecule has 0 spiro atoms. The number of hydrogen-bond donors (Lipinski definition) is 1. The Balaban J connectivity index is 1.75. The molecule has 0 aromatic heterocycles. The number of carbonyl (C=O) groups is 2. The van der Waals surface area contributed by atoms with Crippen molar-refractivity contribution in [2.45, 2.75) is 77.9 Å². The van der Waals surface area contributed by atoms with E-state index in [0.717, 1.165) is 42.4 Å². The fourth-order valence-corrected chi connectivity index (χ4v) is 4.41. The van der Waals surface area contributed by atoms with E-state index in [1.807, 2.05) is 51.1 Å². The molecule has 6 heteroatoms. The number of benzene rings is 2. The summed E-state index contributed by atoms with van der Waals surface area (Å²) in [6.45, 7) is 6.09. The summed E-state index contributed by atoms with van der Waals surface area (Å²) in [5, 5.41) is 3.85. The van der Waals surface area contributed by atoms with Crippen molar-refractivity contribution in [2.75, 3.05) is 6.61 Å². The minimum atomic E-state index is -0.545. The van der Waals surface area contributed by atoms with Gasteiger partial charge in [-0.15, -0.1) is 0 Å². The lowest BCUT2D eigenvalue weighted by molar-refractivity contribution is -0.143. The third-order valence-corrected chi connectivity index (χ3v) is 6.73. The molecular weight excluding hydrogens is 436 g/mol. The molecule has 0 saturated heterocycles. The summed E-state index contributed by atoms with van der Waals surface area (Å²) in [4.78, 5) is 28.2. The molecule has 1 atom stereocenters. The molecule has 2 aromatic carbocycles. The zero-order valence-electron chi connectivity index (χ0n) is 19.9. The second-order valence-electron chi connectivity index (χ2n) is 8.97. The van der Waals surface area contributed by atoms with E-state index in [2.05, 4.69) is 5.32 Å². The predicted molar refractivity (Wildman–Crippen MR) is 133 cm³/mol. The molecule has 2 aromatic rings. The molecule has 0 radical (unpaired) electrons. The first-order valence-electron chi connectivity index (χ1n) is 11.9. The van der Waals surface area contributed by atoms with Gasteiger partial charge in [-0.2, -0.15) is 0 Å². The van der Waals surface area contributed by atoms with Gasteiger partial charge in [0, 0.05) is 17.6 Å². The maximum absolute atomic E-state index is 13.3. The Kier molecular flexibility index (Phi) is 9.19. The number of hydrogen-bond acceptors (Lipinski definition) is 3. The SMILES string of the molecule is CC[C@H](C(=O)NC1CCCCC1)N(Cc1ccc(C)cc1)C(=O)COc1ccc(Cl)c(C)c1. The van der Waals surface area contributed by atoms with Crippen molar-refractivity contribution in [3.63, 3.8) is 0 Å². The second-order valence-corrected chi connectivity index (χ2v) is 9.38. The Morgan fingerprint density at radius 2 is 1.79 bits per heavy atom. The van der Waals surface area contributed by atoms with E-state index < -0.39 is 6.04 Å². The highest BCUT2D eigenvalue weighted by Gasteiger charge is 2.30. The summed E-state index contributed by atoms with van der Waals surface area (Å²) in [6, 6.07) is 13.0. The van der Waals surface area contributed by atoms with Gasteiger partial charge in [0.25, 0.3) is 5.91 Å². The number of nitrogens with zero attached hydrogens (tertiary/aromatic N) is 1. The van der Waals surface area contributed by atoms with E-state index >= 15 is 0 Å². The van der Waals surface area contributed by atoms with E-state index in [-0.39, 0.29) is 24.5 Å². The van der Waals surface area contributed by atoms with Crippen LogP contribution in [0.3, 0.4) is 0 Å². The molecule has 1 fully saturated rings. The van der Waals surface area contributed by atoms with Gasteiger partial charge in [-0.25, -0.2) is 0 Å². The Hall–Kier alpha value is -2.53. The first-order valence-corrected chi connectivity index (χ1v) is 12.3. The van der Waals surface area contributed by atoms with Crippen LogP contribution in [0.2, 0.25) is 5.02 Å². The van der Waals surface area contributed by atoms with Crippen LogP contribution in [0.5, 0.6) is 5.75 Å². The first-order chi connectivity index (χ1) is 15.9. The number of halogens is 1. The van der Waals surface area contributed by atoms with E-state index in [9.17, 15) is 9.59 Å². The van der Waals surface area contributed by atoms with Gasteiger partial charge in [0.1, 0.15) is 11.8 Å². The average molecular weight is 471 g/mol. The molecule has 178 valence electrons. The monoisotopic (exact) mass is 470 g/mol. The van der Waals surface area contributed by atoms with E-state index in [1.54, 1.807) is 17.0 Å². The third kappa shape index (κ3) is 7.23. The van der Waals surface area contributed by atoms with Crippen molar-refractivity contribution in [2.24, 2.45) is 0 Å². The fourth-order valence-electron chi connectivity index (χ4n) is 4.29. The highest BCUT2D eigenvalue weighted by molar-refractivity contribution is 6.31. The van der Waals surface area contributed by atoms with Crippen LogP contribution in [0.15, 0.2) is 42.5 Å². The lowest BCUT2D eigenvalue weighted by atomic mass is 9.95. The Bertz CT molecular complexity index is 939. The van der Waals surface area contributed by atoms with Gasteiger partial charge < -0.3 is 15.0 Å². The van der Waals surface area contributed by atoms with E-state index in [0.29, 0.717) is 23.7 Å². The maximum atomic E-state index is 13.3. The summed E-state index contributed by atoms with van der Waals surface area (Å²) in [5.41, 5.74) is 3.02. The topological polar surface area (TPSA) is 58.6 Å².